The highest BCUT2D eigenvalue weighted by atomic mass is 16.3. The molecule has 0 aliphatic heterocycles. The number of aromatic nitrogens is 1. The zero-order valence-corrected chi connectivity index (χ0v) is 16.6. The number of rotatable bonds is 2. The minimum Gasteiger partial charge on any atom is -0.507 e. The Kier molecular flexibility index (Phi) is 3.46. The van der Waals surface area contributed by atoms with Crippen LogP contribution in [0.1, 0.15) is 50.8 Å². The summed E-state index contributed by atoms with van der Waals surface area (Å²) in [6.07, 6.45) is 2.08. The van der Waals surface area contributed by atoms with E-state index in [4.69, 9.17) is 0 Å². The Morgan fingerprint density at radius 3 is 2.21 bits per heavy atom. The highest BCUT2D eigenvalue weighted by Gasteiger charge is 2.62. The smallest absolute Gasteiger partial charge is 0.266 e. The molecule has 3 heteroatoms. The van der Waals surface area contributed by atoms with Crippen LogP contribution in [0.2, 0.25) is 0 Å². The van der Waals surface area contributed by atoms with Crippen LogP contribution in [0, 0.1) is 5.41 Å². The number of pyridine rings is 1. The van der Waals surface area contributed by atoms with Crippen molar-refractivity contribution in [3.63, 3.8) is 0 Å². The lowest BCUT2D eigenvalue weighted by atomic mass is 9.70. The number of aromatic hydroxyl groups is 1. The van der Waals surface area contributed by atoms with Crippen LogP contribution in [0.5, 0.6) is 5.75 Å². The van der Waals surface area contributed by atoms with E-state index >= 15 is 0 Å². The van der Waals surface area contributed by atoms with Gasteiger partial charge in [-0.05, 0) is 41.9 Å². The third-order valence-electron chi connectivity index (χ3n) is 7.56. The SMILES string of the molecule is CC1(C)[C@@H]2CC[C@@]1(C)c1c2c(O)c(-c2ccccc2)c(=O)n1-c1ccccc1. The molecular formula is C25H25NO2. The van der Waals surface area contributed by atoms with Gasteiger partial charge in [0.15, 0.2) is 0 Å². The standard InChI is InChI=1S/C25H25NO2/c1-24(2)18-14-15-25(24,3)22-20(18)21(27)19(16-10-6-4-7-11-16)23(28)26(22)17-12-8-5-9-13-17/h4-13,18,27H,14-15H2,1-3H3/t18-,25+/m1/s1. The molecular weight excluding hydrogens is 346 g/mol. The number of para-hydroxylation sites is 1. The topological polar surface area (TPSA) is 42.2 Å². The van der Waals surface area contributed by atoms with E-state index in [0.29, 0.717) is 5.56 Å². The zero-order valence-electron chi connectivity index (χ0n) is 16.6. The molecule has 1 heterocycles. The molecule has 0 unspecified atom stereocenters. The molecule has 1 N–H and O–H groups in total. The molecule has 28 heavy (non-hydrogen) atoms. The summed E-state index contributed by atoms with van der Waals surface area (Å²) >= 11 is 0. The van der Waals surface area contributed by atoms with Crippen molar-refractivity contribution in [2.75, 3.05) is 0 Å². The molecule has 2 aliphatic carbocycles. The van der Waals surface area contributed by atoms with Gasteiger partial charge in [-0.25, -0.2) is 0 Å². The molecule has 1 aromatic heterocycles. The van der Waals surface area contributed by atoms with Crippen LogP contribution >= 0.6 is 0 Å². The van der Waals surface area contributed by atoms with Crippen LogP contribution in [-0.4, -0.2) is 9.67 Å². The lowest BCUT2D eigenvalue weighted by molar-refractivity contribution is 0.224. The van der Waals surface area contributed by atoms with Crippen molar-refractivity contribution >= 4 is 0 Å². The normalized spacial score (nSPS) is 24.3. The highest BCUT2D eigenvalue weighted by molar-refractivity contribution is 5.74. The number of benzene rings is 2. The molecule has 2 aromatic carbocycles. The Balaban J connectivity index is 1.95. The summed E-state index contributed by atoms with van der Waals surface area (Å²) < 4.78 is 1.87. The van der Waals surface area contributed by atoms with Gasteiger partial charge in [-0.1, -0.05) is 69.3 Å². The Morgan fingerprint density at radius 2 is 1.57 bits per heavy atom. The van der Waals surface area contributed by atoms with E-state index in [1.165, 1.54) is 0 Å². The van der Waals surface area contributed by atoms with Gasteiger partial charge in [0.05, 0.1) is 5.56 Å². The summed E-state index contributed by atoms with van der Waals surface area (Å²) in [5.74, 6) is 0.436. The van der Waals surface area contributed by atoms with Crippen molar-refractivity contribution in [1.82, 2.24) is 4.57 Å². The van der Waals surface area contributed by atoms with Crippen molar-refractivity contribution < 1.29 is 5.11 Å². The van der Waals surface area contributed by atoms with Crippen LogP contribution in [0.4, 0.5) is 0 Å². The third kappa shape index (κ3) is 1.97. The molecule has 0 amide bonds. The van der Waals surface area contributed by atoms with Gasteiger partial charge in [-0.2, -0.15) is 0 Å². The first-order valence-electron chi connectivity index (χ1n) is 10.0. The largest absolute Gasteiger partial charge is 0.507 e. The van der Waals surface area contributed by atoms with Crippen LogP contribution < -0.4 is 5.56 Å². The number of nitrogens with zero attached hydrogens (tertiary/aromatic N) is 1. The van der Waals surface area contributed by atoms with E-state index in [0.717, 1.165) is 35.3 Å². The summed E-state index contributed by atoms with van der Waals surface area (Å²) in [6, 6.07) is 19.4. The molecule has 0 saturated heterocycles. The van der Waals surface area contributed by atoms with Crippen molar-refractivity contribution in [3.05, 3.63) is 82.3 Å². The van der Waals surface area contributed by atoms with Crippen LogP contribution in [0.15, 0.2) is 65.5 Å². The average molecular weight is 371 g/mol. The summed E-state index contributed by atoms with van der Waals surface area (Å²) in [4.78, 5) is 13.8. The lowest BCUT2D eigenvalue weighted by Gasteiger charge is -2.36. The minimum atomic E-state index is -0.144. The molecule has 142 valence electrons. The molecule has 0 spiro atoms. The molecule has 1 fully saturated rings. The van der Waals surface area contributed by atoms with Crippen molar-refractivity contribution in [2.45, 2.75) is 44.9 Å². The summed E-state index contributed by atoms with van der Waals surface area (Å²) in [5.41, 5.74) is 3.73. The minimum absolute atomic E-state index is 0.00883. The molecule has 5 rings (SSSR count). The molecule has 2 atom stereocenters. The first-order valence-corrected chi connectivity index (χ1v) is 10.0. The second kappa shape index (κ2) is 5.60. The van der Waals surface area contributed by atoms with Crippen LogP contribution in [-0.2, 0) is 5.41 Å². The molecule has 3 nitrogen and oxygen atoms in total. The Morgan fingerprint density at radius 1 is 0.964 bits per heavy atom. The Labute approximate surface area is 165 Å². The van der Waals surface area contributed by atoms with Gasteiger partial charge in [0.25, 0.3) is 5.56 Å². The van der Waals surface area contributed by atoms with E-state index < -0.39 is 0 Å². The molecule has 3 aromatic rings. The summed E-state index contributed by atoms with van der Waals surface area (Å²) in [6.45, 7) is 6.83. The van der Waals surface area contributed by atoms with Gasteiger partial charge >= 0.3 is 0 Å². The van der Waals surface area contributed by atoms with Gasteiger partial charge in [0.1, 0.15) is 5.75 Å². The van der Waals surface area contributed by atoms with Crippen molar-refractivity contribution in [2.24, 2.45) is 5.41 Å². The molecule has 2 aliphatic rings. The maximum absolute atomic E-state index is 13.8. The number of hydrogen-bond acceptors (Lipinski definition) is 2. The van der Waals surface area contributed by atoms with Gasteiger partial charge in [0, 0.05) is 22.4 Å². The van der Waals surface area contributed by atoms with E-state index in [1.807, 2.05) is 65.2 Å². The number of hydrogen-bond donors (Lipinski definition) is 1. The van der Waals surface area contributed by atoms with Crippen LogP contribution in [0.3, 0.4) is 0 Å². The maximum atomic E-state index is 13.8. The van der Waals surface area contributed by atoms with Crippen molar-refractivity contribution in [3.8, 4) is 22.6 Å². The van der Waals surface area contributed by atoms with E-state index in [-0.39, 0.29) is 28.1 Å². The summed E-state index contributed by atoms with van der Waals surface area (Å²) in [5, 5.41) is 11.4. The maximum Gasteiger partial charge on any atom is 0.266 e. The fourth-order valence-corrected chi connectivity index (χ4v) is 5.67. The second-order valence-electron chi connectivity index (χ2n) is 8.97. The lowest BCUT2D eigenvalue weighted by Crippen LogP contribution is -2.36. The average Bonchev–Trinajstić information content (AvgIpc) is 3.02. The predicted molar refractivity (Wildman–Crippen MR) is 112 cm³/mol. The highest BCUT2D eigenvalue weighted by Crippen LogP contribution is 2.69. The molecule has 2 bridgehead atoms. The summed E-state index contributed by atoms with van der Waals surface area (Å²) in [7, 11) is 0. The monoisotopic (exact) mass is 371 g/mol. The Bertz CT molecular complexity index is 1130. The second-order valence-corrected chi connectivity index (χ2v) is 8.97. The van der Waals surface area contributed by atoms with E-state index in [2.05, 4.69) is 20.8 Å². The fourth-order valence-electron chi connectivity index (χ4n) is 5.67. The van der Waals surface area contributed by atoms with Gasteiger partial charge in [0.2, 0.25) is 0 Å². The fraction of sp³-hybridized carbons (Fsp3) is 0.320. The zero-order chi connectivity index (χ0) is 19.7. The quantitative estimate of drug-likeness (QED) is 0.657. The first kappa shape index (κ1) is 17.3. The number of fused-ring (bicyclic) bond motifs is 5. The van der Waals surface area contributed by atoms with E-state index in [9.17, 15) is 9.90 Å². The van der Waals surface area contributed by atoms with Crippen LogP contribution in [0.25, 0.3) is 16.8 Å². The van der Waals surface area contributed by atoms with E-state index in [1.54, 1.807) is 0 Å². The van der Waals surface area contributed by atoms with Gasteiger partial charge < -0.3 is 5.11 Å². The first-order chi connectivity index (χ1) is 13.4. The Hall–Kier alpha value is -2.81. The predicted octanol–water partition coefficient (Wildman–Crippen LogP) is 5.39. The molecule has 1 saturated carbocycles. The van der Waals surface area contributed by atoms with Gasteiger partial charge in [-0.3, -0.25) is 9.36 Å². The molecule has 0 radical (unpaired) electrons. The van der Waals surface area contributed by atoms with Crippen molar-refractivity contribution in [1.29, 1.82) is 0 Å². The van der Waals surface area contributed by atoms with Gasteiger partial charge in [-0.15, -0.1) is 0 Å². The third-order valence-corrected chi connectivity index (χ3v) is 7.56.